The van der Waals surface area contributed by atoms with Crippen molar-refractivity contribution in [2.24, 2.45) is 11.8 Å². The van der Waals surface area contributed by atoms with Gasteiger partial charge in [-0.3, -0.25) is 4.68 Å². The molecule has 16 heteroatoms. The van der Waals surface area contributed by atoms with E-state index in [0.717, 1.165) is 56.5 Å². The zero-order valence-corrected chi connectivity index (χ0v) is 26.7. The number of rotatable bonds is 12. The zero-order valence-electron chi connectivity index (χ0n) is 25.9. The molecule has 3 fully saturated rings. The van der Waals surface area contributed by atoms with E-state index in [1.165, 1.54) is 6.33 Å². The van der Waals surface area contributed by atoms with Crippen LogP contribution in [0.2, 0.25) is 5.02 Å². The van der Waals surface area contributed by atoms with Crippen LogP contribution in [0.15, 0.2) is 43.1 Å². The summed E-state index contributed by atoms with van der Waals surface area (Å²) in [5, 5.41) is 22.9. The van der Waals surface area contributed by atoms with Gasteiger partial charge in [-0.2, -0.15) is 0 Å². The van der Waals surface area contributed by atoms with Crippen molar-refractivity contribution in [2.45, 2.75) is 69.7 Å². The molecule has 2 aliphatic carbocycles. The summed E-state index contributed by atoms with van der Waals surface area (Å²) in [7, 11) is 0. The van der Waals surface area contributed by atoms with Gasteiger partial charge in [-0.15, -0.1) is 10.2 Å². The second-order valence-electron chi connectivity index (χ2n) is 12.5. The maximum atomic E-state index is 13.6. The van der Waals surface area contributed by atoms with E-state index >= 15 is 0 Å². The fourth-order valence-electron chi connectivity index (χ4n) is 6.23. The largest absolute Gasteiger partial charge is 0.487 e. The van der Waals surface area contributed by atoms with Gasteiger partial charge in [0.25, 0.3) is 11.8 Å². The average Bonchev–Trinajstić information content (AvgIpc) is 3.40. The lowest BCUT2D eigenvalue weighted by molar-refractivity contribution is -0.0229. The quantitative estimate of drug-likeness (QED) is 0.212. The first-order valence-electron chi connectivity index (χ1n) is 16.0. The molecule has 2 saturated carbocycles. The van der Waals surface area contributed by atoms with E-state index in [1.54, 1.807) is 23.1 Å². The van der Waals surface area contributed by atoms with Crippen molar-refractivity contribution >= 4 is 23.2 Å². The number of halogens is 3. The molecule has 1 aliphatic heterocycles. The van der Waals surface area contributed by atoms with Gasteiger partial charge in [-0.05, 0) is 66.6 Å². The highest BCUT2D eigenvalue weighted by molar-refractivity contribution is 6.32. The molecule has 2 N–H and O–H groups in total. The first kappa shape index (κ1) is 31.6. The van der Waals surface area contributed by atoms with Gasteiger partial charge in [0.15, 0.2) is 0 Å². The first-order valence-corrected chi connectivity index (χ1v) is 16.4. The lowest BCUT2D eigenvalue weighted by Crippen LogP contribution is -2.43. The Bertz CT molecular complexity index is 1630. The summed E-state index contributed by atoms with van der Waals surface area (Å²) >= 11 is 6.42. The van der Waals surface area contributed by atoms with Gasteiger partial charge in [0.05, 0.1) is 49.0 Å². The highest BCUT2D eigenvalue weighted by Crippen LogP contribution is 2.49. The Labute approximate surface area is 275 Å². The van der Waals surface area contributed by atoms with Crippen molar-refractivity contribution in [3.63, 3.8) is 0 Å². The number of tetrazole rings is 1. The number of ether oxygens (including phenoxy) is 3. The van der Waals surface area contributed by atoms with Crippen LogP contribution < -0.4 is 20.1 Å². The van der Waals surface area contributed by atoms with Gasteiger partial charge < -0.3 is 24.8 Å². The van der Waals surface area contributed by atoms with E-state index in [4.69, 9.17) is 30.9 Å². The van der Waals surface area contributed by atoms with Gasteiger partial charge >= 0.3 is 0 Å². The monoisotopic (exact) mass is 670 g/mol. The maximum Gasteiger partial charge on any atom is 0.256 e. The van der Waals surface area contributed by atoms with Gasteiger partial charge in [0, 0.05) is 37.5 Å². The van der Waals surface area contributed by atoms with E-state index in [1.807, 2.05) is 29.9 Å². The van der Waals surface area contributed by atoms with Crippen molar-refractivity contribution in [3.8, 4) is 22.8 Å². The van der Waals surface area contributed by atoms with Crippen LogP contribution in [0.25, 0.3) is 11.1 Å². The summed E-state index contributed by atoms with van der Waals surface area (Å²) in [6, 6.07) is 5.63. The average molecular weight is 671 g/mol. The number of aromatic nitrogens is 8. The molecule has 3 aliphatic rings. The second kappa shape index (κ2) is 13.6. The van der Waals surface area contributed by atoms with Crippen LogP contribution in [0.5, 0.6) is 11.6 Å². The smallest absolute Gasteiger partial charge is 0.256 e. The third kappa shape index (κ3) is 7.63. The van der Waals surface area contributed by atoms with Crippen LogP contribution in [0, 0.1) is 11.8 Å². The minimum absolute atomic E-state index is 0.105. The van der Waals surface area contributed by atoms with Crippen LogP contribution in [-0.4, -0.2) is 84.4 Å². The van der Waals surface area contributed by atoms with E-state index in [9.17, 15) is 8.78 Å². The van der Waals surface area contributed by atoms with Gasteiger partial charge in [-0.25, -0.2) is 23.4 Å². The number of nitrogens with one attached hydrogen (secondary N) is 2. The number of hydrogen-bond acceptors (Lipinski definition) is 11. The summed E-state index contributed by atoms with van der Waals surface area (Å²) in [4.78, 5) is 9.03. The SMILES string of the molecule is CC(Cn1cnnn1)Oc1cc(-c2cnc(Nc3cn([C@H]4CC[C@H](C5CNCCO5)CC4)nc3OC[C@@H]3CC3(F)F)nc2)ccc1Cl. The minimum Gasteiger partial charge on any atom is -0.487 e. The third-order valence-electron chi connectivity index (χ3n) is 9.00. The van der Waals surface area contributed by atoms with Crippen LogP contribution in [0.4, 0.5) is 20.4 Å². The Morgan fingerprint density at radius 3 is 2.68 bits per heavy atom. The zero-order chi connectivity index (χ0) is 32.4. The molecular weight excluding hydrogens is 634 g/mol. The highest BCUT2D eigenvalue weighted by atomic mass is 35.5. The summed E-state index contributed by atoms with van der Waals surface area (Å²) in [6.07, 6.45) is 10.5. The molecule has 0 spiro atoms. The molecule has 4 aromatic rings. The number of hydrogen-bond donors (Lipinski definition) is 2. The predicted molar refractivity (Wildman–Crippen MR) is 168 cm³/mol. The van der Waals surface area contributed by atoms with Crippen molar-refractivity contribution in [1.82, 2.24) is 45.3 Å². The minimum atomic E-state index is -2.68. The molecule has 4 heterocycles. The number of alkyl halides is 2. The van der Waals surface area contributed by atoms with E-state index < -0.39 is 11.8 Å². The van der Waals surface area contributed by atoms with Gasteiger partial charge in [-0.1, -0.05) is 17.7 Å². The Morgan fingerprint density at radius 1 is 1.17 bits per heavy atom. The summed E-state index contributed by atoms with van der Waals surface area (Å²) < 4.78 is 48.6. The normalized spacial score (nSPS) is 24.4. The Hall–Kier alpha value is -3.95. The topological polar surface area (TPSA) is 139 Å². The molecule has 2 unspecified atom stereocenters. The molecule has 3 aromatic heterocycles. The Kier molecular flexibility index (Phi) is 9.19. The molecule has 7 rings (SSSR count). The van der Waals surface area contributed by atoms with E-state index in [-0.39, 0.29) is 37.2 Å². The Morgan fingerprint density at radius 2 is 1.98 bits per heavy atom. The van der Waals surface area contributed by atoms with Crippen LogP contribution in [0.3, 0.4) is 0 Å². The second-order valence-corrected chi connectivity index (χ2v) is 12.9. The Balaban J connectivity index is 1.03. The number of anilines is 2. The maximum absolute atomic E-state index is 13.6. The molecule has 13 nitrogen and oxygen atoms in total. The van der Waals surface area contributed by atoms with E-state index in [0.29, 0.717) is 34.9 Å². The summed E-state index contributed by atoms with van der Waals surface area (Å²) in [5.74, 6) is -1.87. The fourth-order valence-corrected chi connectivity index (χ4v) is 6.39. The molecule has 47 heavy (non-hydrogen) atoms. The predicted octanol–water partition coefficient (Wildman–Crippen LogP) is 4.94. The molecule has 250 valence electrons. The standard InChI is InChI=1S/C31H37ClF2N10O3/c1-19(15-43-18-38-41-42-43)47-27-10-21(4-7-25(27)32)22-12-36-30(37-13-22)39-26-16-44(40-29(26)46-17-23-11-31(23,33)34)24-5-2-20(3-6-24)28-14-35-8-9-45-28/h4,7,10,12-13,16,18-20,23-24,28,35H,2-3,5-6,8-9,11,14-15,17H2,1H3,(H,36,37,39)/t19?,20-,23-,24-,28?/m0/s1. The lowest BCUT2D eigenvalue weighted by atomic mass is 9.82. The molecule has 3 atom stereocenters. The van der Waals surface area contributed by atoms with Crippen LogP contribution in [-0.2, 0) is 11.3 Å². The van der Waals surface area contributed by atoms with Crippen molar-refractivity contribution in [3.05, 3.63) is 48.1 Å². The van der Waals surface area contributed by atoms with Gasteiger partial charge in [0.2, 0.25) is 5.95 Å². The summed E-state index contributed by atoms with van der Waals surface area (Å²) in [5.41, 5.74) is 2.10. The van der Waals surface area contributed by atoms with E-state index in [2.05, 4.69) is 36.1 Å². The molecule has 0 amide bonds. The van der Waals surface area contributed by atoms with Crippen molar-refractivity contribution < 1.29 is 23.0 Å². The highest BCUT2D eigenvalue weighted by Gasteiger charge is 2.57. The van der Waals surface area contributed by atoms with Crippen molar-refractivity contribution in [2.75, 3.05) is 31.6 Å². The van der Waals surface area contributed by atoms with Gasteiger partial charge in [0.1, 0.15) is 23.9 Å². The fraction of sp³-hybridized carbons (Fsp3) is 0.548. The summed E-state index contributed by atoms with van der Waals surface area (Å²) in [6.45, 7) is 4.80. The molecule has 0 radical (unpaired) electrons. The first-order chi connectivity index (χ1) is 22.8. The van der Waals surface area contributed by atoms with Crippen molar-refractivity contribution in [1.29, 1.82) is 0 Å². The number of nitrogens with zero attached hydrogens (tertiary/aromatic N) is 8. The number of benzene rings is 1. The molecular formula is C31H37ClF2N10O3. The number of morpholine rings is 1. The molecule has 0 bridgehead atoms. The van der Waals surface area contributed by atoms with Crippen LogP contribution in [0.1, 0.15) is 45.1 Å². The molecule has 1 aromatic carbocycles. The lowest BCUT2D eigenvalue weighted by Gasteiger charge is -2.35. The third-order valence-corrected chi connectivity index (χ3v) is 9.31. The van der Waals surface area contributed by atoms with Crippen LogP contribution >= 0.6 is 11.6 Å². The molecule has 1 saturated heterocycles.